The van der Waals surface area contributed by atoms with Crippen LogP contribution in [0.15, 0.2) is 54.9 Å². The van der Waals surface area contributed by atoms with E-state index in [1.807, 2.05) is 49.6 Å². The van der Waals surface area contributed by atoms with Crippen LogP contribution in [0.4, 0.5) is 15.9 Å². The molecule has 3 heterocycles. The van der Waals surface area contributed by atoms with E-state index in [4.69, 9.17) is 9.72 Å². The van der Waals surface area contributed by atoms with E-state index in [2.05, 4.69) is 14.9 Å². The molecule has 5 nitrogen and oxygen atoms in total. The third-order valence-corrected chi connectivity index (χ3v) is 4.09. The van der Waals surface area contributed by atoms with Gasteiger partial charge in [0, 0.05) is 42.0 Å². The lowest BCUT2D eigenvalue weighted by Crippen LogP contribution is -2.00. The third-order valence-electron chi connectivity index (χ3n) is 4.09. The molecule has 3 aromatic heterocycles. The van der Waals surface area contributed by atoms with Crippen LogP contribution in [-0.2, 0) is 7.05 Å². The number of halogens is 1. The largest absolute Gasteiger partial charge is 0.491 e. The number of hydrogen-bond acceptors (Lipinski definition) is 4. The summed E-state index contributed by atoms with van der Waals surface area (Å²) in [4.78, 5) is 8.93. The summed E-state index contributed by atoms with van der Waals surface area (Å²) >= 11 is 0. The van der Waals surface area contributed by atoms with Gasteiger partial charge in [0.2, 0.25) is 0 Å². The first kappa shape index (κ1) is 15.4. The molecule has 0 unspecified atom stereocenters. The van der Waals surface area contributed by atoms with Crippen molar-refractivity contribution in [1.29, 1.82) is 0 Å². The summed E-state index contributed by atoms with van der Waals surface area (Å²) in [7, 11) is 1.99. The van der Waals surface area contributed by atoms with Gasteiger partial charge < -0.3 is 14.6 Å². The zero-order chi connectivity index (χ0) is 17.2. The number of aromatic nitrogens is 3. The van der Waals surface area contributed by atoms with Crippen LogP contribution in [0.25, 0.3) is 21.9 Å². The van der Waals surface area contributed by atoms with Gasteiger partial charge in [-0.3, -0.25) is 4.98 Å². The molecule has 4 rings (SSSR count). The molecule has 25 heavy (non-hydrogen) atoms. The lowest BCUT2D eigenvalue weighted by molar-refractivity contribution is 0.273. The first-order chi connectivity index (χ1) is 12.3. The maximum atomic E-state index is 12.2. The van der Waals surface area contributed by atoms with Crippen LogP contribution in [0.5, 0.6) is 5.75 Å². The molecule has 0 fully saturated rings. The Labute approximate surface area is 144 Å². The number of alkyl halides is 1. The van der Waals surface area contributed by atoms with Crippen LogP contribution < -0.4 is 10.1 Å². The number of nitrogens with zero attached hydrogens (tertiary/aromatic N) is 3. The van der Waals surface area contributed by atoms with E-state index in [0.717, 1.165) is 33.4 Å². The average molecular weight is 335 g/mol. The van der Waals surface area contributed by atoms with Crippen molar-refractivity contribution in [2.75, 3.05) is 18.6 Å². The van der Waals surface area contributed by atoms with Gasteiger partial charge in [-0.25, -0.2) is 9.37 Å². The second-order valence-corrected chi connectivity index (χ2v) is 5.71. The topological polar surface area (TPSA) is 52.0 Å². The maximum absolute atomic E-state index is 12.2. The normalized spacial score (nSPS) is 11.1. The standard InChI is InChI=1S/C19H17FN4O/c1-24-17-7-9-21-12-16(17)15-5-6-18(23-19(15)24)22-13-3-2-4-14(11-13)25-10-8-20/h2-7,9,11-12H,8,10H2,1H3,(H,22,23)/i20-1. The Morgan fingerprint density at radius 1 is 1.16 bits per heavy atom. The summed E-state index contributed by atoms with van der Waals surface area (Å²) < 4.78 is 19.6. The molecule has 1 aromatic carbocycles. The van der Waals surface area contributed by atoms with E-state index in [1.54, 1.807) is 12.3 Å². The second-order valence-electron chi connectivity index (χ2n) is 5.71. The van der Waals surface area contributed by atoms with Gasteiger partial charge in [-0.15, -0.1) is 0 Å². The van der Waals surface area contributed by atoms with E-state index in [-0.39, 0.29) is 6.61 Å². The van der Waals surface area contributed by atoms with E-state index >= 15 is 0 Å². The summed E-state index contributed by atoms with van der Waals surface area (Å²) in [6.07, 6.45) is 3.64. The smallest absolute Gasteiger partial charge is 0.143 e. The minimum atomic E-state index is -0.508. The number of nitrogens with one attached hydrogen (secondary N) is 1. The molecule has 0 saturated carbocycles. The summed E-state index contributed by atoms with van der Waals surface area (Å²) in [5.74, 6) is 1.36. The predicted octanol–water partition coefficient (Wildman–Crippen LogP) is 4.21. The van der Waals surface area contributed by atoms with Crippen molar-refractivity contribution >= 4 is 33.4 Å². The van der Waals surface area contributed by atoms with Crippen molar-refractivity contribution in [3.8, 4) is 5.75 Å². The van der Waals surface area contributed by atoms with E-state index in [9.17, 15) is 4.39 Å². The lowest BCUT2D eigenvalue weighted by atomic mass is 10.2. The van der Waals surface area contributed by atoms with Crippen LogP contribution in [0, 0.1) is 0 Å². The molecule has 126 valence electrons. The number of benzene rings is 1. The Morgan fingerprint density at radius 2 is 2.08 bits per heavy atom. The Bertz CT molecular complexity index is 1040. The highest BCUT2D eigenvalue weighted by atomic mass is 18.2. The molecular weight excluding hydrogens is 318 g/mol. The SMILES string of the molecule is Cn1c2ccncc2c2ccc(Nc3cccc(OCC[18F])c3)nc21. The highest BCUT2D eigenvalue weighted by Gasteiger charge is 2.10. The van der Waals surface area contributed by atoms with Crippen LogP contribution in [0.1, 0.15) is 0 Å². The number of pyridine rings is 2. The van der Waals surface area contributed by atoms with Crippen molar-refractivity contribution in [3.63, 3.8) is 0 Å². The van der Waals surface area contributed by atoms with Gasteiger partial charge in [0.15, 0.2) is 0 Å². The minimum Gasteiger partial charge on any atom is -0.491 e. The molecular formula is C19H17FN4O. The molecule has 0 spiro atoms. The predicted molar refractivity (Wildman–Crippen MR) is 97.2 cm³/mol. The van der Waals surface area contributed by atoms with Crippen molar-refractivity contribution in [1.82, 2.24) is 14.5 Å². The minimum absolute atomic E-state index is 0.0532. The molecule has 0 aliphatic rings. The fourth-order valence-corrected chi connectivity index (χ4v) is 2.95. The highest BCUT2D eigenvalue weighted by Crippen LogP contribution is 2.28. The van der Waals surface area contributed by atoms with Crippen molar-refractivity contribution in [3.05, 3.63) is 54.9 Å². The Morgan fingerprint density at radius 3 is 2.96 bits per heavy atom. The first-order valence-electron chi connectivity index (χ1n) is 8.01. The molecule has 0 radical (unpaired) electrons. The fraction of sp³-hybridized carbons (Fsp3) is 0.158. The van der Waals surface area contributed by atoms with Crippen molar-refractivity contribution in [2.45, 2.75) is 0 Å². The summed E-state index contributed by atoms with van der Waals surface area (Å²) in [6, 6.07) is 13.4. The summed E-state index contributed by atoms with van der Waals surface area (Å²) in [5, 5.41) is 5.42. The van der Waals surface area contributed by atoms with Crippen LogP contribution in [-0.4, -0.2) is 27.8 Å². The van der Waals surface area contributed by atoms with E-state index in [0.29, 0.717) is 5.75 Å². The molecule has 0 amide bonds. The number of fused-ring (bicyclic) bond motifs is 3. The molecule has 4 aromatic rings. The van der Waals surface area contributed by atoms with Gasteiger partial charge in [0.25, 0.3) is 0 Å². The van der Waals surface area contributed by atoms with Crippen LogP contribution in [0.2, 0.25) is 0 Å². The zero-order valence-electron chi connectivity index (χ0n) is 13.7. The fourth-order valence-electron chi connectivity index (χ4n) is 2.95. The Balaban J connectivity index is 1.68. The maximum Gasteiger partial charge on any atom is 0.143 e. The number of rotatable bonds is 5. The quantitative estimate of drug-likeness (QED) is 0.593. The number of ether oxygens (including phenoxy) is 1. The van der Waals surface area contributed by atoms with Crippen molar-refractivity contribution < 1.29 is 9.13 Å². The van der Waals surface area contributed by atoms with Gasteiger partial charge in [0.1, 0.15) is 30.5 Å². The molecule has 0 bridgehead atoms. The van der Waals surface area contributed by atoms with Crippen LogP contribution in [0.3, 0.4) is 0 Å². The third kappa shape index (κ3) is 2.87. The number of aryl methyl sites for hydroxylation is 1. The molecule has 0 aliphatic heterocycles. The number of anilines is 2. The summed E-state index contributed by atoms with van der Waals surface area (Å²) in [5.41, 5.74) is 2.82. The van der Waals surface area contributed by atoms with Gasteiger partial charge in [-0.05, 0) is 30.3 Å². The Hall–Kier alpha value is -3.15. The molecule has 0 saturated heterocycles. The second kappa shape index (κ2) is 6.39. The van der Waals surface area contributed by atoms with E-state index in [1.165, 1.54) is 0 Å². The van der Waals surface area contributed by atoms with Gasteiger partial charge >= 0.3 is 0 Å². The first-order valence-corrected chi connectivity index (χ1v) is 8.01. The average Bonchev–Trinajstić information content (AvgIpc) is 2.93. The van der Waals surface area contributed by atoms with Gasteiger partial charge in [-0.2, -0.15) is 0 Å². The molecule has 1 N–H and O–H groups in total. The summed E-state index contributed by atoms with van der Waals surface area (Å²) in [6.45, 7) is -0.455. The molecule has 0 atom stereocenters. The van der Waals surface area contributed by atoms with Crippen LogP contribution >= 0.6 is 0 Å². The molecule has 0 aliphatic carbocycles. The van der Waals surface area contributed by atoms with Gasteiger partial charge in [0.05, 0.1) is 5.52 Å². The number of hydrogen-bond donors (Lipinski definition) is 1. The Kier molecular flexibility index (Phi) is 3.93. The van der Waals surface area contributed by atoms with Gasteiger partial charge in [-0.1, -0.05) is 6.07 Å². The highest BCUT2D eigenvalue weighted by molar-refractivity contribution is 6.06. The zero-order valence-corrected chi connectivity index (χ0v) is 13.7. The monoisotopic (exact) mass is 335 g/mol. The van der Waals surface area contributed by atoms with Crippen molar-refractivity contribution in [2.24, 2.45) is 7.05 Å². The molecule has 6 heteroatoms. The van der Waals surface area contributed by atoms with E-state index < -0.39 is 6.67 Å². The lowest BCUT2D eigenvalue weighted by Gasteiger charge is -2.09.